The van der Waals surface area contributed by atoms with Crippen LogP contribution in [0.1, 0.15) is 0 Å². The lowest BCUT2D eigenvalue weighted by atomic mass is 10.4. The fraction of sp³-hybridized carbons (Fsp3) is 0.500. The second kappa shape index (κ2) is 3.36. The molecule has 1 atom stereocenters. The first-order valence-corrected chi connectivity index (χ1v) is 3.28. The van der Waals surface area contributed by atoms with Gasteiger partial charge in [-0.25, -0.2) is 4.79 Å². The molecule has 1 heterocycles. The van der Waals surface area contributed by atoms with E-state index in [2.05, 4.69) is 5.32 Å². The average Bonchev–Trinajstić information content (AvgIpc) is 1.95. The summed E-state index contributed by atoms with van der Waals surface area (Å²) >= 11 is 0. The molecule has 0 aromatic carbocycles. The van der Waals surface area contributed by atoms with E-state index in [9.17, 15) is 4.79 Å². The lowest BCUT2D eigenvalue weighted by Crippen LogP contribution is -2.46. The molecule has 2 amide bonds. The van der Waals surface area contributed by atoms with Crippen molar-refractivity contribution >= 4 is 6.03 Å². The van der Waals surface area contributed by atoms with Gasteiger partial charge in [-0.1, -0.05) is 0 Å². The molecule has 0 bridgehead atoms. The molecule has 0 saturated carbocycles. The number of rotatable bonds is 2. The summed E-state index contributed by atoms with van der Waals surface area (Å²) in [5.74, 6) is 0. The van der Waals surface area contributed by atoms with E-state index in [4.69, 9.17) is 10.2 Å². The van der Waals surface area contributed by atoms with Crippen LogP contribution in [0.25, 0.3) is 0 Å². The summed E-state index contributed by atoms with van der Waals surface area (Å²) in [6, 6.07) is -0.394. The highest BCUT2D eigenvalue weighted by Gasteiger charge is 2.16. The summed E-state index contributed by atoms with van der Waals surface area (Å²) in [6.45, 7) is 0.156. The van der Waals surface area contributed by atoms with E-state index < -0.39 is 12.3 Å². The number of hydrogen-bond acceptors (Lipinski definition) is 3. The highest BCUT2D eigenvalue weighted by molar-refractivity contribution is 5.76. The lowest BCUT2D eigenvalue weighted by molar-refractivity contribution is 0.146. The normalized spacial score (nSPS) is 23.6. The van der Waals surface area contributed by atoms with Crippen LogP contribution >= 0.6 is 0 Å². The third-order valence-electron chi connectivity index (χ3n) is 1.32. The minimum Gasteiger partial charge on any atom is -0.395 e. The number of β-amino-alcohol motifs (C(OH)–C–C–N with tert-alkyl or cyclic N) is 1. The van der Waals surface area contributed by atoms with Crippen LogP contribution in [0, 0.1) is 0 Å². The van der Waals surface area contributed by atoms with E-state index in [1.54, 1.807) is 0 Å². The van der Waals surface area contributed by atoms with Crippen molar-refractivity contribution in [2.45, 2.75) is 6.23 Å². The molecule has 11 heavy (non-hydrogen) atoms. The van der Waals surface area contributed by atoms with Crippen LogP contribution in [0.3, 0.4) is 0 Å². The fourth-order valence-corrected chi connectivity index (χ4v) is 0.794. The van der Waals surface area contributed by atoms with Crippen LogP contribution < -0.4 is 5.32 Å². The minimum atomic E-state index is -0.905. The van der Waals surface area contributed by atoms with E-state index in [0.29, 0.717) is 0 Å². The highest BCUT2D eigenvalue weighted by atomic mass is 16.3. The minimum absolute atomic E-state index is 0.0894. The van der Waals surface area contributed by atoms with Gasteiger partial charge in [0, 0.05) is 6.20 Å². The largest absolute Gasteiger partial charge is 0.395 e. The molecule has 1 aliphatic heterocycles. The molecule has 0 saturated heterocycles. The monoisotopic (exact) mass is 158 g/mol. The molecule has 5 nitrogen and oxygen atoms in total. The maximum Gasteiger partial charge on any atom is 0.323 e. The van der Waals surface area contributed by atoms with Gasteiger partial charge in [-0.15, -0.1) is 0 Å². The summed E-state index contributed by atoms with van der Waals surface area (Å²) < 4.78 is 0. The Bertz CT molecular complexity index is 181. The lowest BCUT2D eigenvalue weighted by Gasteiger charge is -2.23. The van der Waals surface area contributed by atoms with Gasteiger partial charge in [0.25, 0.3) is 0 Å². The second-order valence-corrected chi connectivity index (χ2v) is 2.15. The van der Waals surface area contributed by atoms with Crippen molar-refractivity contribution in [3.05, 3.63) is 12.3 Å². The predicted molar refractivity (Wildman–Crippen MR) is 37.5 cm³/mol. The Labute approximate surface area is 63.9 Å². The molecule has 1 unspecified atom stereocenters. The number of carbonyl (C=O) groups is 1. The highest BCUT2D eigenvalue weighted by Crippen LogP contribution is 1.98. The molecule has 0 aromatic heterocycles. The van der Waals surface area contributed by atoms with E-state index in [0.717, 1.165) is 0 Å². The molecular formula is C6H10N2O3. The van der Waals surface area contributed by atoms with Crippen LogP contribution in [0.5, 0.6) is 0 Å². The first-order chi connectivity index (χ1) is 5.24. The van der Waals surface area contributed by atoms with Crippen molar-refractivity contribution in [2.24, 2.45) is 0 Å². The van der Waals surface area contributed by atoms with Gasteiger partial charge in [0.1, 0.15) is 6.23 Å². The molecule has 62 valence electrons. The fourth-order valence-electron chi connectivity index (χ4n) is 0.794. The Kier molecular flexibility index (Phi) is 2.45. The maximum atomic E-state index is 10.9. The number of nitrogens with one attached hydrogen (secondary N) is 1. The Morgan fingerprint density at radius 1 is 1.73 bits per heavy atom. The number of carbonyl (C=O) groups excluding carboxylic acids is 1. The first-order valence-electron chi connectivity index (χ1n) is 3.28. The number of urea groups is 1. The molecule has 0 fully saturated rings. The second-order valence-electron chi connectivity index (χ2n) is 2.15. The Morgan fingerprint density at radius 3 is 3.00 bits per heavy atom. The molecule has 0 aliphatic carbocycles. The zero-order valence-electron chi connectivity index (χ0n) is 5.90. The van der Waals surface area contributed by atoms with Crippen LogP contribution in [0.15, 0.2) is 12.3 Å². The zero-order chi connectivity index (χ0) is 8.27. The molecule has 0 radical (unpaired) electrons. The van der Waals surface area contributed by atoms with Crippen LogP contribution in [0.4, 0.5) is 4.79 Å². The SMILES string of the molecule is O=C1NC(O)C=CN1CCO. The van der Waals surface area contributed by atoms with Gasteiger partial charge in [-0.05, 0) is 6.08 Å². The van der Waals surface area contributed by atoms with Crippen LogP contribution in [-0.2, 0) is 0 Å². The van der Waals surface area contributed by atoms with Gasteiger partial charge in [0.05, 0.1) is 13.2 Å². The van der Waals surface area contributed by atoms with Crippen molar-refractivity contribution < 1.29 is 15.0 Å². The van der Waals surface area contributed by atoms with Crippen molar-refractivity contribution in [3.8, 4) is 0 Å². The van der Waals surface area contributed by atoms with Crippen LogP contribution in [0.2, 0.25) is 0 Å². The van der Waals surface area contributed by atoms with Gasteiger partial charge in [0.15, 0.2) is 0 Å². The summed E-state index contributed by atoms with van der Waals surface area (Å²) in [5, 5.41) is 19.6. The van der Waals surface area contributed by atoms with Crippen LogP contribution in [-0.4, -0.2) is 40.5 Å². The Hall–Kier alpha value is -1.07. The summed E-state index contributed by atoms with van der Waals surface area (Å²) in [5.41, 5.74) is 0. The summed E-state index contributed by atoms with van der Waals surface area (Å²) in [4.78, 5) is 12.2. The third-order valence-corrected chi connectivity index (χ3v) is 1.32. The molecular weight excluding hydrogens is 148 g/mol. The van der Waals surface area contributed by atoms with Crippen molar-refractivity contribution in [3.63, 3.8) is 0 Å². The maximum absolute atomic E-state index is 10.9. The molecule has 1 aliphatic rings. The van der Waals surface area contributed by atoms with Gasteiger partial charge in [-0.2, -0.15) is 0 Å². The molecule has 3 N–H and O–H groups in total. The number of nitrogens with zero attached hydrogens (tertiary/aromatic N) is 1. The number of amides is 2. The quantitative estimate of drug-likeness (QED) is 0.474. The van der Waals surface area contributed by atoms with E-state index in [-0.39, 0.29) is 13.2 Å². The Balaban J connectivity index is 2.54. The number of aliphatic hydroxyl groups excluding tert-OH is 2. The van der Waals surface area contributed by atoms with E-state index in [1.807, 2.05) is 0 Å². The smallest absolute Gasteiger partial charge is 0.323 e. The summed E-state index contributed by atoms with van der Waals surface area (Å²) in [7, 11) is 0. The van der Waals surface area contributed by atoms with Gasteiger partial charge in [-0.3, -0.25) is 4.90 Å². The molecule has 0 spiro atoms. The third kappa shape index (κ3) is 1.92. The molecule has 0 aromatic rings. The van der Waals surface area contributed by atoms with Gasteiger partial charge >= 0.3 is 6.03 Å². The van der Waals surface area contributed by atoms with E-state index >= 15 is 0 Å². The van der Waals surface area contributed by atoms with Crippen molar-refractivity contribution in [2.75, 3.05) is 13.2 Å². The first kappa shape index (κ1) is 8.03. The molecule has 1 rings (SSSR count). The number of aliphatic hydroxyl groups is 2. The Morgan fingerprint density at radius 2 is 2.45 bits per heavy atom. The van der Waals surface area contributed by atoms with Gasteiger partial charge < -0.3 is 15.5 Å². The standard InChI is InChI=1S/C6H10N2O3/c9-4-3-8-2-1-5(10)7-6(8)11/h1-2,5,9-10H,3-4H2,(H,7,11). The topological polar surface area (TPSA) is 72.8 Å². The molecule has 5 heteroatoms. The predicted octanol–water partition coefficient (Wildman–Crippen LogP) is -1.16. The van der Waals surface area contributed by atoms with Crippen molar-refractivity contribution in [1.29, 1.82) is 0 Å². The van der Waals surface area contributed by atoms with Crippen molar-refractivity contribution in [1.82, 2.24) is 10.2 Å². The number of hydrogen-bond donors (Lipinski definition) is 3. The summed E-state index contributed by atoms with van der Waals surface area (Å²) in [6.07, 6.45) is 1.97. The zero-order valence-corrected chi connectivity index (χ0v) is 5.90. The van der Waals surface area contributed by atoms with Gasteiger partial charge in [0.2, 0.25) is 0 Å². The average molecular weight is 158 g/mol. The van der Waals surface area contributed by atoms with E-state index in [1.165, 1.54) is 17.2 Å².